The summed E-state index contributed by atoms with van der Waals surface area (Å²) in [5.41, 5.74) is 4.59. The molecule has 1 fully saturated rings. The van der Waals surface area contributed by atoms with E-state index in [0.29, 0.717) is 0 Å². The van der Waals surface area contributed by atoms with Crippen LogP contribution in [0.25, 0.3) is 10.9 Å². The predicted molar refractivity (Wildman–Crippen MR) is 119 cm³/mol. The van der Waals surface area contributed by atoms with Crippen molar-refractivity contribution in [3.05, 3.63) is 35.5 Å². The Balaban J connectivity index is 1.54. The molecule has 2 aromatic rings. The number of aryl methyl sites for hydroxylation is 2. The van der Waals surface area contributed by atoms with E-state index < -0.39 is 0 Å². The van der Waals surface area contributed by atoms with Crippen LogP contribution in [0.2, 0.25) is 0 Å². The first-order valence-corrected chi connectivity index (χ1v) is 11.6. The van der Waals surface area contributed by atoms with Crippen LogP contribution in [0.5, 0.6) is 0 Å². The summed E-state index contributed by atoms with van der Waals surface area (Å²) in [5.74, 6) is 0. The summed E-state index contributed by atoms with van der Waals surface area (Å²) in [5, 5.41) is 1.48. The van der Waals surface area contributed by atoms with Gasteiger partial charge >= 0.3 is 0 Å². The zero-order chi connectivity index (χ0) is 19.1. The van der Waals surface area contributed by atoms with Crippen LogP contribution in [0, 0.1) is 0 Å². The molecule has 2 nitrogen and oxygen atoms in total. The molecule has 0 radical (unpaired) electrons. The number of para-hydroxylation sites is 1. The normalized spacial score (nSPS) is 15.9. The number of fused-ring (bicyclic) bond motifs is 1. The molecule has 0 bridgehead atoms. The highest BCUT2D eigenvalue weighted by molar-refractivity contribution is 5.85. The maximum absolute atomic E-state index is 2.76. The monoisotopic (exact) mass is 368 g/mol. The molecular weight excluding hydrogens is 328 g/mol. The van der Waals surface area contributed by atoms with Crippen LogP contribution in [0.3, 0.4) is 0 Å². The maximum atomic E-state index is 2.76. The molecule has 150 valence electrons. The average molecular weight is 369 g/mol. The van der Waals surface area contributed by atoms with Gasteiger partial charge in [0.2, 0.25) is 0 Å². The third-order valence-electron chi connectivity index (χ3n) is 6.71. The number of nitrogens with zero attached hydrogens (tertiary/aromatic N) is 2. The van der Waals surface area contributed by atoms with Crippen LogP contribution in [-0.2, 0) is 19.4 Å². The van der Waals surface area contributed by atoms with Crippen molar-refractivity contribution in [2.24, 2.45) is 0 Å². The van der Waals surface area contributed by atoms with E-state index in [1.807, 2.05) is 0 Å². The first-order valence-electron chi connectivity index (χ1n) is 11.6. The minimum atomic E-state index is 0.871. The van der Waals surface area contributed by atoms with Crippen molar-refractivity contribution in [2.75, 3.05) is 13.1 Å². The summed E-state index contributed by atoms with van der Waals surface area (Å²) in [6.07, 6.45) is 13.5. The van der Waals surface area contributed by atoms with E-state index in [1.165, 1.54) is 81.9 Å². The SMILES string of the molecule is CCc1c(CC)n(CCCCCN(CC)C2CCCCC2)c2ccccc12. The second-order valence-electron chi connectivity index (χ2n) is 8.28. The minimum Gasteiger partial charge on any atom is -0.344 e. The molecule has 0 spiro atoms. The molecular formula is C25H40N2. The van der Waals surface area contributed by atoms with Crippen molar-refractivity contribution in [2.45, 2.75) is 97.6 Å². The standard InChI is InChI=1S/C25H40N2/c1-4-22-23-17-11-12-18-25(23)27(24(22)5-2)20-14-8-13-19-26(6-3)21-15-9-7-10-16-21/h11-12,17-18,21H,4-10,13-16,19-20H2,1-3H3. The van der Waals surface area contributed by atoms with Crippen LogP contribution >= 0.6 is 0 Å². The maximum Gasteiger partial charge on any atom is 0.0485 e. The van der Waals surface area contributed by atoms with Crippen LogP contribution in [0.15, 0.2) is 24.3 Å². The molecule has 0 N–H and O–H groups in total. The molecule has 2 heteroatoms. The molecule has 0 aliphatic heterocycles. The number of aromatic nitrogens is 1. The molecule has 1 aromatic carbocycles. The summed E-state index contributed by atoms with van der Waals surface area (Å²) >= 11 is 0. The average Bonchev–Trinajstić information content (AvgIpc) is 3.04. The van der Waals surface area contributed by atoms with Gasteiger partial charge in [-0.1, -0.05) is 64.7 Å². The molecule has 0 amide bonds. The fourth-order valence-corrected chi connectivity index (χ4v) is 5.29. The van der Waals surface area contributed by atoms with Crippen LogP contribution < -0.4 is 0 Å². The van der Waals surface area contributed by atoms with Crippen molar-refractivity contribution < 1.29 is 0 Å². The number of unbranched alkanes of at least 4 members (excludes halogenated alkanes) is 2. The predicted octanol–water partition coefficient (Wildman–Crippen LogP) is 6.59. The van der Waals surface area contributed by atoms with Gasteiger partial charge in [0.05, 0.1) is 0 Å². The van der Waals surface area contributed by atoms with Gasteiger partial charge in [-0.3, -0.25) is 0 Å². The van der Waals surface area contributed by atoms with Gasteiger partial charge in [0.25, 0.3) is 0 Å². The Morgan fingerprint density at radius 2 is 1.70 bits per heavy atom. The van der Waals surface area contributed by atoms with E-state index in [-0.39, 0.29) is 0 Å². The number of rotatable bonds is 10. The zero-order valence-corrected chi connectivity index (χ0v) is 18.0. The molecule has 0 saturated heterocycles. The lowest BCUT2D eigenvalue weighted by Crippen LogP contribution is -2.37. The molecule has 0 unspecified atom stereocenters. The first kappa shape index (κ1) is 20.5. The van der Waals surface area contributed by atoms with Crippen molar-refractivity contribution >= 4 is 10.9 Å². The van der Waals surface area contributed by atoms with Gasteiger partial charge in [0, 0.05) is 29.2 Å². The van der Waals surface area contributed by atoms with Gasteiger partial charge in [0.1, 0.15) is 0 Å². The van der Waals surface area contributed by atoms with Crippen molar-refractivity contribution in [3.63, 3.8) is 0 Å². The van der Waals surface area contributed by atoms with Gasteiger partial charge < -0.3 is 9.47 Å². The molecule has 0 atom stereocenters. The van der Waals surface area contributed by atoms with Crippen LogP contribution in [0.4, 0.5) is 0 Å². The largest absolute Gasteiger partial charge is 0.344 e. The van der Waals surface area contributed by atoms with E-state index in [2.05, 4.69) is 54.5 Å². The lowest BCUT2D eigenvalue weighted by molar-refractivity contribution is 0.160. The molecule has 1 saturated carbocycles. The van der Waals surface area contributed by atoms with Gasteiger partial charge in [-0.2, -0.15) is 0 Å². The molecule has 3 rings (SSSR count). The second-order valence-corrected chi connectivity index (χ2v) is 8.28. The fourth-order valence-electron chi connectivity index (χ4n) is 5.29. The lowest BCUT2D eigenvalue weighted by atomic mass is 9.94. The smallest absolute Gasteiger partial charge is 0.0485 e. The third-order valence-corrected chi connectivity index (χ3v) is 6.71. The highest BCUT2D eigenvalue weighted by Crippen LogP contribution is 2.28. The quantitative estimate of drug-likeness (QED) is 0.429. The van der Waals surface area contributed by atoms with Gasteiger partial charge in [0.15, 0.2) is 0 Å². The first-order chi connectivity index (χ1) is 13.3. The Morgan fingerprint density at radius 1 is 0.926 bits per heavy atom. The second kappa shape index (κ2) is 10.3. The Hall–Kier alpha value is -1.28. The Morgan fingerprint density at radius 3 is 2.41 bits per heavy atom. The van der Waals surface area contributed by atoms with E-state index >= 15 is 0 Å². The summed E-state index contributed by atoms with van der Waals surface area (Å²) in [7, 11) is 0. The van der Waals surface area contributed by atoms with E-state index in [4.69, 9.17) is 0 Å². The summed E-state index contributed by atoms with van der Waals surface area (Å²) in [6.45, 7) is 10.7. The van der Waals surface area contributed by atoms with Gasteiger partial charge in [-0.25, -0.2) is 0 Å². The summed E-state index contributed by atoms with van der Waals surface area (Å²) in [6, 6.07) is 9.88. The molecule has 1 aliphatic carbocycles. The Bertz CT molecular complexity index is 694. The van der Waals surface area contributed by atoms with Crippen LogP contribution in [0.1, 0.15) is 83.4 Å². The Kier molecular flexibility index (Phi) is 7.81. The third kappa shape index (κ3) is 4.77. The van der Waals surface area contributed by atoms with Crippen LogP contribution in [-0.4, -0.2) is 28.6 Å². The van der Waals surface area contributed by atoms with Crippen molar-refractivity contribution in [3.8, 4) is 0 Å². The van der Waals surface area contributed by atoms with Crippen molar-refractivity contribution in [1.29, 1.82) is 0 Å². The van der Waals surface area contributed by atoms with Crippen molar-refractivity contribution in [1.82, 2.24) is 9.47 Å². The van der Waals surface area contributed by atoms with E-state index in [9.17, 15) is 0 Å². The van der Waals surface area contributed by atoms with E-state index in [0.717, 1.165) is 18.9 Å². The minimum absolute atomic E-state index is 0.871. The molecule has 1 aromatic heterocycles. The lowest BCUT2D eigenvalue weighted by Gasteiger charge is -2.33. The molecule has 1 aliphatic rings. The highest BCUT2D eigenvalue weighted by atomic mass is 15.1. The van der Waals surface area contributed by atoms with Gasteiger partial charge in [-0.15, -0.1) is 0 Å². The summed E-state index contributed by atoms with van der Waals surface area (Å²) < 4.78 is 2.62. The topological polar surface area (TPSA) is 8.17 Å². The zero-order valence-electron chi connectivity index (χ0n) is 18.0. The number of hydrogen-bond acceptors (Lipinski definition) is 1. The van der Waals surface area contributed by atoms with Gasteiger partial charge in [-0.05, 0) is 63.2 Å². The number of hydrogen-bond donors (Lipinski definition) is 0. The molecule has 27 heavy (non-hydrogen) atoms. The molecule has 1 heterocycles. The fraction of sp³-hybridized carbons (Fsp3) is 0.680. The Labute approximate surface area is 166 Å². The number of benzene rings is 1. The summed E-state index contributed by atoms with van der Waals surface area (Å²) in [4.78, 5) is 2.76. The highest BCUT2D eigenvalue weighted by Gasteiger charge is 2.19. The van der Waals surface area contributed by atoms with E-state index in [1.54, 1.807) is 11.3 Å².